The van der Waals surface area contributed by atoms with Crippen LogP contribution in [0, 0.1) is 5.82 Å². The normalized spacial score (nSPS) is 15.8. The summed E-state index contributed by atoms with van der Waals surface area (Å²) in [7, 11) is 2.13. The van der Waals surface area contributed by atoms with Crippen LogP contribution in [0.25, 0.3) is 0 Å². The molecule has 1 aliphatic rings. The minimum atomic E-state index is -0.351. The zero-order valence-electron chi connectivity index (χ0n) is 14.5. The third-order valence-corrected chi connectivity index (χ3v) is 4.59. The van der Waals surface area contributed by atoms with Gasteiger partial charge in [0.2, 0.25) is 5.91 Å². The van der Waals surface area contributed by atoms with Crippen LogP contribution in [0.5, 0.6) is 0 Å². The van der Waals surface area contributed by atoms with Crippen LogP contribution in [0.4, 0.5) is 15.8 Å². The topological polar surface area (TPSA) is 44.4 Å². The van der Waals surface area contributed by atoms with E-state index >= 15 is 0 Å². The molecule has 5 heteroatoms. The Morgan fingerprint density at radius 1 is 1.08 bits per heavy atom. The van der Waals surface area contributed by atoms with E-state index in [4.69, 9.17) is 0 Å². The smallest absolute Gasteiger partial charge is 0.228 e. The molecule has 0 aliphatic carbocycles. The third kappa shape index (κ3) is 4.79. The van der Waals surface area contributed by atoms with Crippen molar-refractivity contribution < 1.29 is 9.18 Å². The van der Waals surface area contributed by atoms with Crippen molar-refractivity contribution >= 4 is 17.3 Å². The van der Waals surface area contributed by atoms with Gasteiger partial charge < -0.3 is 15.5 Å². The van der Waals surface area contributed by atoms with E-state index in [-0.39, 0.29) is 18.1 Å². The molecule has 1 amide bonds. The van der Waals surface area contributed by atoms with Crippen LogP contribution in [0.2, 0.25) is 0 Å². The lowest BCUT2D eigenvalue weighted by molar-refractivity contribution is -0.115. The predicted octanol–water partition coefficient (Wildman–Crippen LogP) is 3.51. The van der Waals surface area contributed by atoms with Crippen molar-refractivity contribution in [1.29, 1.82) is 0 Å². The molecule has 2 N–H and O–H groups in total. The summed E-state index contributed by atoms with van der Waals surface area (Å²) in [5.74, 6) is -0.571. The van der Waals surface area contributed by atoms with Gasteiger partial charge >= 0.3 is 0 Å². The number of halogens is 1. The van der Waals surface area contributed by atoms with Crippen LogP contribution in [0.15, 0.2) is 48.5 Å². The van der Waals surface area contributed by atoms with Gasteiger partial charge in [0.15, 0.2) is 0 Å². The highest BCUT2D eigenvalue weighted by molar-refractivity contribution is 5.95. The van der Waals surface area contributed by atoms with Crippen LogP contribution in [0.3, 0.4) is 0 Å². The average molecular weight is 341 g/mol. The number of amides is 1. The number of anilines is 2. The molecule has 25 heavy (non-hydrogen) atoms. The van der Waals surface area contributed by atoms with Crippen LogP contribution in [-0.4, -0.2) is 37.0 Å². The van der Waals surface area contributed by atoms with E-state index in [1.807, 2.05) is 24.3 Å². The maximum absolute atomic E-state index is 13.7. The van der Waals surface area contributed by atoms with E-state index in [1.54, 1.807) is 18.2 Å². The van der Waals surface area contributed by atoms with Crippen molar-refractivity contribution in [2.24, 2.45) is 0 Å². The molecule has 3 rings (SSSR count). The highest BCUT2D eigenvalue weighted by Crippen LogP contribution is 2.24. The van der Waals surface area contributed by atoms with Crippen LogP contribution >= 0.6 is 0 Å². The second-order valence-electron chi connectivity index (χ2n) is 6.58. The standard InChI is InChI=1S/C20H24FN3O/c1-24-12-10-16(11-13-24)22-18-8-4-5-9-19(18)23-20(25)14-15-6-2-3-7-17(15)21/h2-9,16,22H,10-14H2,1H3,(H,23,25). The molecule has 4 nitrogen and oxygen atoms in total. The molecule has 1 fully saturated rings. The van der Waals surface area contributed by atoms with Gasteiger partial charge in [-0.25, -0.2) is 4.39 Å². The van der Waals surface area contributed by atoms with Crippen LogP contribution < -0.4 is 10.6 Å². The number of carbonyl (C=O) groups is 1. The zero-order chi connectivity index (χ0) is 17.6. The molecular formula is C20H24FN3O. The van der Waals surface area contributed by atoms with E-state index in [9.17, 15) is 9.18 Å². The van der Waals surface area contributed by atoms with Gasteiger partial charge in [0.25, 0.3) is 0 Å². The molecular weight excluding hydrogens is 317 g/mol. The van der Waals surface area contributed by atoms with Crippen molar-refractivity contribution in [2.75, 3.05) is 30.8 Å². The number of benzene rings is 2. The number of piperidine rings is 1. The fourth-order valence-corrected chi connectivity index (χ4v) is 3.10. The van der Waals surface area contributed by atoms with E-state index < -0.39 is 0 Å². The van der Waals surface area contributed by atoms with Gasteiger partial charge in [0, 0.05) is 6.04 Å². The Morgan fingerprint density at radius 2 is 1.72 bits per heavy atom. The van der Waals surface area contributed by atoms with Crippen LogP contribution in [-0.2, 0) is 11.2 Å². The lowest BCUT2D eigenvalue weighted by Crippen LogP contribution is -2.36. The van der Waals surface area contributed by atoms with Gasteiger partial charge in [0.05, 0.1) is 17.8 Å². The summed E-state index contributed by atoms with van der Waals surface area (Å²) in [4.78, 5) is 14.6. The van der Waals surface area contributed by atoms with E-state index in [0.717, 1.165) is 37.3 Å². The fraction of sp³-hybridized carbons (Fsp3) is 0.350. The number of hydrogen-bond acceptors (Lipinski definition) is 3. The third-order valence-electron chi connectivity index (χ3n) is 4.59. The molecule has 0 atom stereocenters. The Balaban J connectivity index is 1.64. The fourth-order valence-electron chi connectivity index (χ4n) is 3.10. The molecule has 0 spiro atoms. The molecule has 0 aromatic heterocycles. The maximum atomic E-state index is 13.7. The van der Waals surface area contributed by atoms with Crippen molar-refractivity contribution in [2.45, 2.75) is 25.3 Å². The molecule has 2 aromatic carbocycles. The van der Waals surface area contributed by atoms with Gasteiger partial charge in [-0.3, -0.25) is 4.79 Å². The lowest BCUT2D eigenvalue weighted by Gasteiger charge is -2.30. The first-order valence-corrected chi connectivity index (χ1v) is 8.69. The highest BCUT2D eigenvalue weighted by atomic mass is 19.1. The zero-order valence-corrected chi connectivity index (χ0v) is 14.5. The van der Waals surface area contributed by atoms with Gasteiger partial charge in [-0.1, -0.05) is 30.3 Å². The second kappa shape index (κ2) is 8.12. The summed E-state index contributed by atoms with van der Waals surface area (Å²) in [6, 6.07) is 14.4. The first kappa shape index (κ1) is 17.4. The lowest BCUT2D eigenvalue weighted by atomic mass is 10.0. The predicted molar refractivity (Wildman–Crippen MR) is 99.3 cm³/mol. The number of para-hydroxylation sites is 2. The minimum Gasteiger partial charge on any atom is -0.381 e. The Kier molecular flexibility index (Phi) is 5.66. The molecule has 0 saturated carbocycles. The van der Waals surface area contributed by atoms with Crippen molar-refractivity contribution in [3.8, 4) is 0 Å². The van der Waals surface area contributed by atoms with Gasteiger partial charge in [0.1, 0.15) is 5.82 Å². The van der Waals surface area contributed by atoms with Crippen molar-refractivity contribution in [3.05, 3.63) is 59.9 Å². The Labute approximate surface area is 148 Å². The van der Waals surface area contributed by atoms with Gasteiger partial charge in [-0.15, -0.1) is 0 Å². The number of nitrogens with zero attached hydrogens (tertiary/aromatic N) is 1. The summed E-state index contributed by atoms with van der Waals surface area (Å²) in [5, 5.41) is 6.44. The van der Waals surface area contributed by atoms with E-state index in [0.29, 0.717) is 11.6 Å². The number of rotatable bonds is 5. The first-order valence-electron chi connectivity index (χ1n) is 8.69. The average Bonchev–Trinajstić information content (AvgIpc) is 2.61. The number of carbonyl (C=O) groups excluding carboxylic acids is 1. The molecule has 1 heterocycles. The number of nitrogens with one attached hydrogen (secondary N) is 2. The summed E-state index contributed by atoms with van der Waals surface area (Å²) in [6.45, 7) is 2.14. The first-order chi connectivity index (χ1) is 12.1. The van der Waals surface area contributed by atoms with Gasteiger partial charge in [-0.2, -0.15) is 0 Å². The minimum absolute atomic E-state index is 0.0230. The van der Waals surface area contributed by atoms with Crippen molar-refractivity contribution in [1.82, 2.24) is 4.90 Å². The largest absolute Gasteiger partial charge is 0.381 e. The van der Waals surface area contributed by atoms with Crippen molar-refractivity contribution in [3.63, 3.8) is 0 Å². The summed E-state index contributed by atoms with van der Waals surface area (Å²) >= 11 is 0. The SMILES string of the molecule is CN1CCC(Nc2ccccc2NC(=O)Cc2ccccc2F)CC1. The molecule has 0 bridgehead atoms. The molecule has 1 aliphatic heterocycles. The summed E-state index contributed by atoms with van der Waals surface area (Å²) in [5.41, 5.74) is 2.06. The molecule has 132 valence electrons. The molecule has 2 aromatic rings. The Hall–Kier alpha value is -2.40. The number of likely N-dealkylation sites (tertiary alicyclic amines) is 1. The van der Waals surface area contributed by atoms with Gasteiger partial charge in [-0.05, 0) is 56.7 Å². The Bertz CT molecular complexity index is 726. The highest BCUT2D eigenvalue weighted by Gasteiger charge is 2.18. The van der Waals surface area contributed by atoms with E-state index in [2.05, 4.69) is 22.6 Å². The van der Waals surface area contributed by atoms with Crippen LogP contribution in [0.1, 0.15) is 18.4 Å². The maximum Gasteiger partial charge on any atom is 0.228 e. The molecule has 0 unspecified atom stereocenters. The molecule has 1 saturated heterocycles. The number of hydrogen-bond donors (Lipinski definition) is 2. The van der Waals surface area contributed by atoms with E-state index in [1.165, 1.54) is 6.07 Å². The quantitative estimate of drug-likeness (QED) is 0.875. The Morgan fingerprint density at radius 3 is 2.44 bits per heavy atom. The summed E-state index contributed by atoms with van der Waals surface area (Å²) < 4.78 is 13.7. The molecule has 0 radical (unpaired) electrons. The second-order valence-corrected chi connectivity index (χ2v) is 6.58. The monoisotopic (exact) mass is 341 g/mol. The summed E-state index contributed by atoms with van der Waals surface area (Å²) in [6.07, 6.45) is 2.18.